The molecule has 1 aliphatic carbocycles. The first-order valence-electron chi connectivity index (χ1n) is 8.77. The summed E-state index contributed by atoms with van der Waals surface area (Å²) in [5.41, 5.74) is 3.11. The second-order valence-corrected chi connectivity index (χ2v) is 7.37. The van der Waals surface area contributed by atoms with Crippen LogP contribution in [-0.4, -0.2) is 45.5 Å². The summed E-state index contributed by atoms with van der Waals surface area (Å²) in [4.78, 5) is 13.3. The number of hydrogen-bond acceptors (Lipinski definition) is 7. The largest absolute Gasteiger partial charge is 0.493 e. The van der Waals surface area contributed by atoms with E-state index in [9.17, 15) is 0 Å². The number of ether oxygens (including phenoxy) is 2. The molecule has 7 nitrogen and oxygen atoms in total. The number of aromatic nitrogens is 5. The average Bonchev–Trinajstić information content (AvgIpc) is 3.15. The number of fused-ring (bicyclic) bond motifs is 2. The van der Waals surface area contributed by atoms with E-state index in [0.717, 1.165) is 53.2 Å². The van der Waals surface area contributed by atoms with Gasteiger partial charge >= 0.3 is 0 Å². The topological polar surface area (TPSA) is 85.8 Å². The number of H-pyrrole nitrogens is 1. The quantitative estimate of drug-likeness (QED) is 0.503. The second kappa shape index (κ2) is 8.01. The van der Waals surface area contributed by atoms with E-state index in [2.05, 4.69) is 25.1 Å². The van der Waals surface area contributed by atoms with Gasteiger partial charge in [-0.25, -0.2) is 9.97 Å². The standard InChI is InChI=1S/C18H21N5O2S/c1-24-8-3-9-25-14-6-7-19-16-12(14)4-2-5-15(16)26-18-13-10-22-23-17(13)20-11-21-18/h6-7,10-11,15H,2-5,8-9H2,1H3,(H,20,21,22,23). The monoisotopic (exact) mass is 371 g/mol. The van der Waals surface area contributed by atoms with Crippen LogP contribution >= 0.6 is 11.8 Å². The number of pyridine rings is 1. The number of hydrogen-bond donors (Lipinski definition) is 1. The summed E-state index contributed by atoms with van der Waals surface area (Å²) in [5, 5.41) is 9.13. The number of aromatic amines is 1. The van der Waals surface area contributed by atoms with Crippen LogP contribution in [0.4, 0.5) is 0 Å². The maximum absolute atomic E-state index is 5.99. The summed E-state index contributed by atoms with van der Waals surface area (Å²) in [5.74, 6) is 0.951. The van der Waals surface area contributed by atoms with Crippen molar-refractivity contribution in [2.24, 2.45) is 0 Å². The van der Waals surface area contributed by atoms with Crippen molar-refractivity contribution in [1.82, 2.24) is 25.1 Å². The van der Waals surface area contributed by atoms with E-state index < -0.39 is 0 Å². The fourth-order valence-corrected chi connectivity index (χ4v) is 4.48. The lowest BCUT2D eigenvalue weighted by Gasteiger charge is -2.25. The SMILES string of the molecule is COCCCOc1ccnc2c1CCCC2Sc1ncnc2[nH]ncc12. The van der Waals surface area contributed by atoms with Crippen LogP contribution in [-0.2, 0) is 11.2 Å². The van der Waals surface area contributed by atoms with Crippen molar-refractivity contribution < 1.29 is 9.47 Å². The van der Waals surface area contributed by atoms with E-state index in [0.29, 0.717) is 13.2 Å². The Hall–Kier alpha value is -2.19. The van der Waals surface area contributed by atoms with Crippen molar-refractivity contribution in [2.45, 2.75) is 36.0 Å². The molecular formula is C18H21N5O2S. The van der Waals surface area contributed by atoms with Crippen LogP contribution in [0.25, 0.3) is 11.0 Å². The zero-order valence-electron chi connectivity index (χ0n) is 14.6. The molecule has 0 saturated heterocycles. The van der Waals surface area contributed by atoms with Gasteiger partial charge in [-0.3, -0.25) is 10.1 Å². The van der Waals surface area contributed by atoms with Gasteiger partial charge in [0.05, 0.1) is 29.1 Å². The van der Waals surface area contributed by atoms with Gasteiger partial charge in [0.2, 0.25) is 0 Å². The van der Waals surface area contributed by atoms with E-state index in [1.807, 2.05) is 12.3 Å². The molecule has 0 amide bonds. The first-order chi connectivity index (χ1) is 12.9. The molecule has 26 heavy (non-hydrogen) atoms. The summed E-state index contributed by atoms with van der Waals surface area (Å²) < 4.78 is 11.1. The lowest BCUT2D eigenvalue weighted by atomic mass is 9.95. The number of thioether (sulfide) groups is 1. The van der Waals surface area contributed by atoms with E-state index in [4.69, 9.17) is 9.47 Å². The summed E-state index contributed by atoms with van der Waals surface area (Å²) in [6.45, 7) is 1.36. The summed E-state index contributed by atoms with van der Waals surface area (Å²) in [7, 11) is 1.71. The Morgan fingerprint density at radius 1 is 1.27 bits per heavy atom. The van der Waals surface area contributed by atoms with Gasteiger partial charge in [-0.05, 0) is 25.3 Å². The third-order valence-corrected chi connectivity index (χ3v) is 5.75. The highest BCUT2D eigenvalue weighted by atomic mass is 32.2. The molecular weight excluding hydrogens is 350 g/mol. The maximum Gasteiger partial charge on any atom is 0.159 e. The minimum atomic E-state index is 0.259. The zero-order valence-corrected chi connectivity index (χ0v) is 15.5. The molecule has 0 fully saturated rings. The van der Waals surface area contributed by atoms with Crippen LogP contribution in [0, 0.1) is 0 Å². The first kappa shape index (κ1) is 17.2. The molecule has 1 atom stereocenters. The lowest BCUT2D eigenvalue weighted by molar-refractivity contribution is 0.171. The number of nitrogens with one attached hydrogen (secondary N) is 1. The van der Waals surface area contributed by atoms with Crippen molar-refractivity contribution in [3.63, 3.8) is 0 Å². The Kier molecular flexibility index (Phi) is 5.31. The van der Waals surface area contributed by atoms with Crippen LogP contribution in [0.15, 0.2) is 29.8 Å². The Morgan fingerprint density at radius 2 is 2.23 bits per heavy atom. The molecule has 3 aromatic rings. The Morgan fingerprint density at radius 3 is 3.15 bits per heavy atom. The molecule has 1 N–H and O–H groups in total. The molecule has 136 valence electrons. The van der Waals surface area contributed by atoms with Crippen LogP contribution < -0.4 is 4.74 Å². The normalized spacial score (nSPS) is 16.6. The predicted octanol–water partition coefficient (Wildman–Crippen LogP) is 3.33. The minimum absolute atomic E-state index is 0.259. The highest BCUT2D eigenvalue weighted by molar-refractivity contribution is 7.99. The van der Waals surface area contributed by atoms with Gasteiger partial charge in [-0.15, -0.1) is 0 Å². The van der Waals surface area contributed by atoms with Crippen molar-refractivity contribution in [1.29, 1.82) is 0 Å². The molecule has 0 aliphatic heterocycles. The maximum atomic E-state index is 5.99. The molecule has 0 aromatic carbocycles. The van der Waals surface area contributed by atoms with Gasteiger partial charge in [-0.1, -0.05) is 11.8 Å². The summed E-state index contributed by atoms with van der Waals surface area (Å²) in [6, 6.07) is 1.97. The molecule has 0 spiro atoms. The van der Waals surface area contributed by atoms with Crippen molar-refractivity contribution in [3.05, 3.63) is 36.0 Å². The Balaban J connectivity index is 1.56. The minimum Gasteiger partial charge on any atom is -0.493 e. The molecule has 3 aromatic heterocycles. The smallest absolute Gasteiger partial charge is 0.159 e. The fourth-order valence-electron chi connectivity index (χ4n) is 3.23. The molecule has 1 unspecified atom stereocenters. The van der Waals surface area contributed by atoms with Gasteiger partial charge < -0.3 is 9.47 Å². The highest BCUT2D eigenvalue weighted by Gasteiger charge is 2.26. The van der Waals surface area contributed by atoms with Crippen LogP contribution in [0.3, 0.4) is 0 Å². The van der Waals surface area contributed by atoms with E-state index in [1.54, 1.807) is 31.4 Å². The van der Waals surface area contributed by atoms with Gasteiger partial charge in [-0.2, -0.15) is 5.10 Å². The van der Waals surface area contributed by atoms with Crippen LogP contribution in [0.1, 0.15) is 35.8 Å². The van der Waals surface area contributed by atoms with Gasteiger partial charge in [0.15, 0.2) is 5.65 Å². The molecule has 0 saturated carbocycles. The van der Waals surface area contributed by atoms with Gasteiger partial charge in [0, 0.05) is 31.9 Å². The predicted molar refractivity (Wildman–Crippen MR) is 99.4 cm³/mol. The van der Waals surface area contributed by atoms with Gasteiger partial charge in [0.1, 0.15) is 17.1 Å². The molecule has 8 heteroatoms. The van der Waals surface area contributed by atoms with Crippen molar-refractivity contribution >= 4 is 22.8 Å². The van der Waals surface area contributed by atoms with E-state index >= 15 is 0 Å². The molecule has 3 heterocycles. The van der Waals surface area contributed by atoms with Gasteiger partial charge in [0.25, 0.3) is 0 Å². The van der Waals surface area contributed by atoms with E-state index in [-0.39, 0.29) is 5.25 Å². The highest BCUT2D eigenvalue weighted by Crippen LogP contribution is 2.45. The molecule has 0 radical (unpaired) electrons. The molecule has 4 rings (SSSR count). The number of methoxy groups -OCH3 is 1. The molecule has 0 bridgehead atoms. The first-order valence-corrected chi connectivity index (χ1v) is 9.65. The lowest BCUT2D eigenvalue weighted by Crippen LogP contribution is -2.12. The van der Waals surface area contributed by atoms with Crippen molar-refractivity contribution in [2.75, 3.05) is 20.3 Å². The van der Waals surface area contributed by atoms with Crippen LogP contribution in [0.5, 0.6) is 5.75 Å². The Bertz CT molecular complexity index is 885. The number of nitrogens with zero attached hydrogens (tertiary/aromatic N) is 4. The third-order valence-electron chi connectivity index (χ3n) is 4.46. The van der Waals surface area contributed by atoms with Crippen molar-refractivity contribution in [3.8, 4) is 5.75 Å². The third kappa shape index (κ3) is 3.52. The second-order valence-electron chi connectivity index (χ2n) is 6.18. The number of rotatable bonds is 7. The fraction of sp³-hybridized carbons (Fsp3) is 0.444. The molecule has 1 aliphatic rings. The summed E-state index contributed by atoms with van der Waals surface area (Å²) >= 11 is 1.73. The average molecular weight is 371 g/mol. The summed E-state index contributed by atoms with van der Waals surface area (Å²) in [6.07, 6.45) is 9.28. The van der Waals surface area contributed by atoms with E-state index in [1.165, 1.54) is 5.56 Å². The van der Waals surface area contributed by atoms with Crippen LogP contribution in [0.2, 0.25) is 0 Å². The zero-order chi connectivity index (χ0) is 17.8. The Labute approximate surface area is 155 Å².